The maximum absolute atomic E-state index is 12.0. The van der Waals surface area contributed by atoms with Gasteiger partial charge in [-0.2, -0.15) is 4.98 Å². The lowest BCUT2D eigenvalue weighted by molar-refractivity contribution is -0.116. The number of hydrogen-bond donors (Lipinski definition) is 1. The molecule has 8 heteroatoms. The van der Waals surface area contributed by atoms with E-state index in [4.69, 9.17) is 22.1 Å². The molecule has 0 radical (unpaired) electrons. The molecule has 2 N–H and O–H groups in total. The van der Waals surface area contributed by atoms with E-state index in [-0.39, 0.29) is 23.6 Å². The van der Waals surface area contributed by atoms with Gasteiger partial charge >= 0.3 is 0 Å². The molecule has 7 nitrogen and oxygen atoms in total. The molecule has 0 aromatic carbocycles. The Bertz CT molecular complexity index is 731. The fourth-order valence-electron chi connectivity index (χ4n) is 2.30. The highest BCUT2D eigenvalue weighted by Crippen LogP contribution is 2.26. The van der Waals surface area contributed by atoms with E-state index in [2.05, 4.69) is 15.0 Å². The summed E-state index contributed by atoms with van der Waals surface area (Å²) in [5.41, 5.74) is 8.11. The molecule has 122 valence electrons. The number of nitrogen functional groups attached to an aromatic ring is 1. The van der Waals surface area contributed by atoms with Gasteiger partial charge in [0, 0.05) is 30.3 Å². The van der Waals surface area contributed by atoms with Crippen molar-refractivity contribution in [3.63, 3.8) is 0 Å². The molecular formula is C15H18ClN5O2. The minimum absolute atomic E-state index is 0.00455. The average Bonchev–Trinajstić information content (AvgIpc) is 2.45. The van der Waals surface area contributed by atoms with Crippen LogP contribution in [0.3, 0.4) is 0 Å². The van der Waals surface area contributed by atoms with Crippen molar-refractivity contribution in [2.24, 2.45) is 0 Å². The second kappa shape index (κ2) is 6.78. The number of ether oxygens (including phenoxy) is 1. The van der Waals surface area contributed by atoms with Crippen molar-refractivity contribution in [1.29, 1.82) is 0 Å². The summed E-state index contributed by atoms with van der Waals surface area (Å²) in [5, 5.41) is 0.171. The van der Waals surface area contributed by atoms with Gasteiger partial charge in [0.2, 0.25) is 11.9 Å². The van der Waals surface area contributed by atoms with Crippen LogP contribution in [0.5, 0.6) is 5.75 Å². The first-order valence-electron chi connectivity index (χ1n) is 6.90. The Morgan fingerprint density at radius 3 is 2.65 bits per heavy atom. The first-order chi connectivity index (χ1) is 10.8. The van der Waals surface area contributed by atoms with Crippen LogP contribution in [0.15, 0.2) is 12.3 Å². The lowest BCUT2D eigenvalue weighted by atomic mass is 10.1. The second-order valence-corrected chi connectivity index (χ2v) is 5.45. The zero-order valence-corrected chi connectivity index (χ0v) is 14.2. The Kier molecular flexibility index (Phi) is 5.00. The van der Waals surface area contributed by atoms with Crippen LogP contribution >= 0.6 is 11.6 Å². The zero-order chi connectivity index (χ0) is 17.1. The summed E-state index contributed by atoms with van der Waals surface area (Å²) in [6.45, 7) is 5.47. The molecule has 2 heterocycles. The number of aryl methyl sites for hydroxylation is 1. The maximum atomic E-state index is 12.0. The van der Waals surface area contributed by atoms with Gasteiger partial charge in [0.1, 0.15) is 16.7 Å². The van der Waals surface area contributed by atoms with Gasteiger partial charge in [-0.1, -0.05) is 11.6 Å². The predicted octanol–water partition coefficient (Wildman–Crippen LogP) is 2.29. The zero-order valence-electron chi connectivity index (χ0n) is 13.4. The summed E-state index contributed by atoms with van der Waals surface area (Å²) < 4.78 is 5.39. The number of methoxy groups -OCH3 is 1. The number of aromatic nitrogens is 3. The van der Waals surface area contributed by atoms with Gasteiger partial charge in [0.05, 0.1) is 19.3 Å². The normalized spacial score (nSPS) is 10.5. The molecule has 0 aliphatic rings. The van der Waals surface area contributed by atoms with Crippen LogP contribution in [0, 0.1) is 13.8 Å². The summed E-state index contributed by atoms with van der Waals surface area (Å²) in [5.74, 6) is 0.874. The number of rotatable bonds is 4. The van der Waals surface area contributed by atoms with Gasteiger partial charge in [-0.15, -0.1) is 0 Å². The SMILES string of the molecule is COc1c(C)cnc(CN(C(C)=O)c2cc(Cl)nc(N)n2)c1C. The van der Waals surface area contributed by atoms with Crippen molar-refractivity contribution < 1.29 is 9.53 Å². The highest BCUT2D eigenvalue weighted by molar-refractivity contribution is 6.29. The van der Waals surface area contributed by atoms with Gasteiger partial charge in [-0.25, -0.2) is 4.98 Å². The van der Waals surface area contributed by atoms with Crippen molar-refractivity contribution in [2.45, 2.75) is 27.3 Å². The van der Waals surface area contributed by atoms with E-state index in [1.165, 1.54) is 17.9 Å². The Morgan fingerprint density at radius 2 is 2.09 bits per heavy atom. The number of amides is 1. The Morgan fingerprint density at radius 1 is 1.39 bits per heavy atom. The fraction of sp³-hybridized carbons (Fsp3) is 0.333. The molecular weight excluding hydrogens is 318 g/mol. The number of pyridine rings is 1. The van der Waals surface area contributed by atoms with E-state index in [0.717, 1.165) is 16.9 Å². The summed E-state index contributed by atoms with van der Waals surface area (Å²) in [6.07, 6.45) is 1.71. The van der Waals surface area contributed by atoms with E-state index in [1.807, 2.05) is 13.8 Å². The summed E-state index contributed by atoms with van der Waals surface area (Å²) in [6, 6.07) is 1.49. The van der Waals surface area contributed by atoms with Gasteiger partial charge in [0.25, 0.3) is 0 Å². The molecule has 23 heavy (non-hydrogen) atoms. The molecule has 0 unspecified atom stereocenters. The largest absolute Gasteiger partial charge is 0.496 e. The van der Waals surface area contributed by atoms with Gasteiger partial charge in [0.15, 0.2) is 0 Å². The summed E-state index contributed by atoms with van der Waals surface area (Å²) >= 11 is 5.90. The Balaban J connectivity index is 2.43. The third-order valence-electron chi connectivity index (χ3n) is 3.41. The quantitative estimate of drug-likeness (QED) is 0.861. The van der Waals surface area contributed by atoms with Crippen molar-refractivity contribution in [3.05, 3.63) is 34.2 Å². The third-order valence-corrected chi connectivity index (χ3v) is 3.61. The molecule has 0 aliphatic heterocycles. The van der Waals surface area contributed by atoms with Crippen LogP contribution in [0.25, 0.3) is 0 Å². The van der Waals surface area contributed by atoms with Crippen molar-refractivity contribution in [3.8, 4) is 5.75 Å². The smallest absolute Gasteiger partial charge is 0.225 e. The minimum Gasteiger partial charge on any atom is -0.496 e. The summed E-state index contributed by atoms with van der Waals surface area (Å²) in [4.78, 5) is 25.7. The first kappa shape index (κ1) is 17.0. The molecule has 0 fully saturated rings. The lowest BCUT2D eigenvalue weighted by Crippen LogP contribution is -2.30. The van der Waals surface area contributed by atoms with Crippen LogP contribution in [0.1, 0.15) is 23.7 Å². The molecule has 2 aromatic heterocycles. The number of nitrogens with two attached hydrogens (primary N) is 1. The summed E-state index contributed by atoms with van der Waals surface area (Å²) in [7, 11) is 1.60. The first-order valence-corrected chi connectivity index (χ1v) is 7.28. The Hall–Kier alpha value is -2.41. The molecule has 0 saturated heterocycles. The van der Waals surface area contributed by atoms with E-state index in [9.17, 15) is 4.79 Å². The number of hydrogen-bond acceptors (Lipinski definition) is 6. The number of nitrogens with zero attached hydrogens (tertiary/aromatic N) is 4. The number of carbonyl (C=O) groups is 1. The standard InChI is InChI=1S/C15H18ClN5O2/c1-8-6-18-11(9(2)14(8)23-4)7-21(10(3)22)13-5-12(16)19-15(17)20-13/h5-6H,7H2,1-4H3,(H2,17,19,20). The van der Waals surface area contributed by atoms with Crippen LogP contribution in [0.2, 0.25) is 5.15 Å². The van der Waals surface area contributed by atoms with Crippen LogP contribution in [-0.4, -0.2) is 28.0 Å². The van der Waals surface area contributed by atoms with E-state index in [1.54, 1.807) is 13.3 Å². The van der Waals surface area contributed by atoms with E-state index >= 15 is 0 Å². The van der Waals surface area contributed by atoms with E-state index < -0.39 is 0 Å². The predicted molar refractivity (Wildman–Crippen MR) is 88.6 cm³/mol. The van der Waals surface area contributed by atoms with Gasteiger partial charge in [-0.3, -0.25) is 14.7 Å². The second-order valence-electron chi connectivity index (χ2n) is 5.06. The van der Waals surface area contributed by atoms with Crippen molar-refractivity contribution in [2.75, 3.05) is 17.7 Å². The topological polar surface area (TPSA) is 94.2 Å². The maximum Gasteiger partial charge on any atom is 0.225 e. The molecule has 0 bridgehead atoms. The molecule has 1 amide bonds. The van der Waals surface area contributed by atoms with Crippen LogP contribution in [-0.2, 0) is 11.3 Å². The highest BCUT2D eigenvalue weighted by Gasteiger charge is 2.19. The Labute approximate surface area is 139 Å². The number of carbonyl (C=O) groups excluding carboxylic acids is 1. The van der Waals surface area contributed by atoms with Crippen LogP contribution in [0.4, 0.5) is 11.8 Å². The molecule has 0 spiro atoms. The van der Waals surface area contributed by atoms with E-state index in [0.29, 0.717) is 11.5 Å². The van der Waals surface area contributed by atoms with Crippen molar-refractivity contribution in [1.82, 2.24) is 15.0 Å². The highest BCUT2D eigenvalue weighted by atomic mass is 35.5. The molecule has 2 rings (SSSR count). The molecule has 0 aliphatic carbocycles. The average molecular weight is 336 g/mol. The third kappa shape index (κ3) is 3.68. The van der Waals surface area contributed by atoms with Gasteiger partial charge in [-0.05, 0) is 13.8 Å². The monoisotopic (exact) mass is 335 g/mol. The molecule has 0 saturated carbocycles. The molecule has 2 aromatic rings. The fourth-order valence-corrected chi connectivity index (χ4v) is 2.48. The number of halogens is 1. The lowest BCUT2D eigenvalue weighted by Gasteiger charge is -2.21. The van der Waals surface area contributed by atoms with Gasteiger partial charge < -0.3 is 10.5 Å². The van der Waals surface area contributed by atoms with Crippen molar-refractivity contribution >= 4 is 29.3 Å². The van der Waals surface area contributed by atoms with Crippen LogP contribution < -0.4 is 15.4 Å². The number of anilines is 2. The molecule has 0 atom stereocenters. The minimum atomic E-state index is -0.208.